The third-order valence-electron chi connectivity index (χ3n) is 3.58. The molecular weight excluding hydrogens is 290 g/mol. The predicted octanol–water partition coefficient (Wildman–Crippen LogP) is -0.946. The fourth-order valence-electron chi connectivity index (χ4n) is 2.31. The molecule has 9 heteroatoms. The zero-order chi connectivity index (χ0) is 15.2. The number of carbonyl (C=O) groups is 1. The minimum absolute atomic E-state index is 0.0890. The standard InChI is InChI=1S/C12H23N7OS/c1-17(2)10-4-6-19(8-10)9-11(20)13-5-7-21-12-14-15-16-18(12)3/h10H,4-9H2,1-3H3,(H,13,20). The number of aromatic nitrogens is 4. The summed E-state index contributed by atoms with van der Waals surface area (Å²) in [5.41, 5.74) is 0. The van der Waals surface area contributed by atoms with Crippen molar-refractivity contribution in [2.75, 3.05) is 46.0 Å². The Kier molecular flexibility index (Phi) is 5.95. The average molecular weight is 313 g/mol. The molecule has 0 radical (unpaired) electrons. The molecule has 2 heterocycles. The van der Waals surface area contributed by atoms with E-state index in [4.69, 9.17) is 0 Å². The number of carbonyl (C=O) groups excluding carboxylic acids is 1. The summed E-state index contributed by atoms with van der Waals surface area (Å²) in [6, 6.07) is 0.566. The van der Waals surface area contributed by atoms with Crippen LogP contribution in [0.5, 0.6) is 0 Å². The zero-order valence-corrected chi connectivity index (χ0v) is 13.6. The van der Waals surface area contributed by atoms with Crippen LogP contribution in [0.3, 0.4) is 0 Å². The van der Waals surface area contributed by atoms with Gasteiger partial charge in [-0.05, 0) is 30.9 Å². The van der Waals surface area contributed by atoms with E-state index in [0.29, 0.717) is 19.1 Å². The maximum Gasteiger partial charge on any atom is 0.234 e. The number of aryl methyl sites for hydroxylation is 1. The maximum absolute atomic E-state index is 11.9. The topological polar surface area (TPSA) is 79.2 Å². The molecule has 1 unspecified atom stereocenters. The molecule has 1 aromatic heterocycles. The van der Waals surface area contributed by atoms with Gasteiger partial charge in [0.25, 0.3) is 0 Å². The van der Waals surface area contributed by atoms with Crippen molar-refractivity contribution in [1.29, 1.82) is 0 Å². The van der Waals surface area contributed by atoms with Crippen molar-refractivity contribution in [3.63, 3.8) is 0 Å². The van der Waals surface area contributed by atoms with E-state index in [-0.39, 0.29) is 5.91 Å². The van der Waals surface area contributed by atoms with E-state index in [9.17, 15) is 4.79 Å². The number of amides is 1. The molecule has 0 aliphatic carbocycles. The van der Waals surface area contributed by atoms with Crippen molar-refractivity contribution < 1.29 is 4.79 Å². The lowest BCUT2D eigenvalue weighted by Gasteiger charge is -2.20. The molecule has 21 heavy (non-hydrogen) atoms. The van der Waals surface area contributed by atoms with E-state index in [1.807, 2.05) is 0 Å². The largest absolute Gasteiger partial charge is 0.354 e. The third-order valence-corrected chi connectivity index (χ3v) is 4.59. The monoisotopic (exact) mass is 313 g/mol. The van der Waals surface area contributed by atoms with Crippen LogP contribution in [-0.2, 0) is 11.8 Å². The lowest BCUT2D eigenvalue weighted by atomic mass is 10.2. The lowest BCUT2D eigenvalue weighted by Crippen LogP contribution is -2.38. The van der Waals surface area contributed by atoms with E-state index < -0.39 is 0 Å². The Bertz CT molecular complexity index is 464. The molecule has 0 aromatic carbocycles. The van der Waals surface area contributed by atoms with Crippen LogP contribution >= 0.6 is 11.8 Å². The van der Waals surface area contributed by atoms with Crippen molar-refractivity contribution in [2.24, 2.45) is 7.05 Å². The average Bonchev–Trinajstić information content (AvgIpc) is 3.04. The number of hydrogen-bond donors (Lipinski definition) is 1. The highest BCUT2D eigenvalue weighted by Gasteiger charge is 2.24. The van der Waals surface area contributed by atoms with Gasteiger partial charge in [-0.15, -0.1) is 5.10 Å². The van der Waals surface area contributed by atoms with E-state index in [2.05, 4.69) is 44.7 Å². The Morgan fingerprint density at radius 2 is 2.33 bits per heavy atom. The van der Waals surface area contributed by atoms with Gasteiger partial charge in [-0.1, -0.05) is 11.8 Å². The third kappa shape index (κ3) is 4.94. The zero-order valence-electron chi connectivity index (χ0n) is 12.8. The van der Waals surface area contributed by atoms with Crippen LogP contribution in [0.4, 0.5) is 0 Å². The molecule has 0 bridgehead atoms. The van der Waals surface area contributed by atoms with Crippen LogP contribution in [0.2, 0.25) is 0 Å². The SMILES string of the molecule is CN(C)C1CCN(CC(=O)NCCSc2nnnn2C)C1. The molecule has 1 fully saturated rings. The second kappa shape index (κ2) is 7.71. The van der Waals surface area contributed by atoms with Crippen LogP contribution in [-0.4, -0.2) is 88.0 Å². The van der Waals surface area contributed by atoms with Gasteiger partial charge in [-0.25, -0.2) is 4.68 Å². The minimum atomic E-state index is 0.0890. The van der Waals surface area contributed by atoms with Crippen molar-refractivity contribution in [3.8, 4) is 0 Å². The van der Waals surface area contributed by atoms with Crippen LogP contribution in [0.25, 0.3) is 0 Å². The molecule has 1 aliphatic rings. The number of likely N-dealkylation sites (N-methyl/N-ethyl adjacent to an activating group) is 1. The molecule has 1 aromatic rings. The van der Waals surface area contributed by atoms with E-state index >= 15 is 0 Å². The second-order valence-electron chi connectivity index (χ2n) is 5.42. The predicted molar refractivity (Wildman–Crippen MR) is 81.1 cm³/mol. The first-order valence-corrected chi connectivity index (χ1v) is 8.05. The maximum atomic E-state index is 11.9. The van der Waals surface area contributed by atoms with Crippen LogP contribution in [0.15, 0.2) is 5.16 Å². The number of nitrogens with zero attached hydrogens (tertiary/aromatic N) is 6. The molecular formula is C12H23N7OS. The summed E-state index contributed by atoms with van der Waals surface area (Å²) >= 11 is 1.53. The van der Waals surface area contributed by atoms with Crippen molar-refractivity contribution in [2.45, 2.75) is 17.6 Å². The Morgan fingerprint density at radius 1 is 1.52 bits per heavy atom. The Balaban J connectivity index is 1.59. The Morgan fingerprint density at radius 3 is 2.95 bits per heavy atom. The van der Waals surface area contributed by atoms with Gasteiger partial charge in [0, 0.05) is 38.5 Å². The molecule has 1 aliphatic heterocycles. The van der Waals surface area contributed by atoms with Crippen LogP contribution in [0.1, 0.15) is 6.42 Å². The fraction of sp³-hybridized carbons (Fsp3) is 0.833. The van der Waals surface area contributed by atoms with Gasteiger partial charge < -0.3 is 10.2 Å². The van der Waals surface area contributed by atoms with E-state index in [1.165, 1.54) is 11.8 Å². The smallest absolute Gasteiger partial charge is 0.234 e. The highest BCUT2D eigenvalue weighted by molar-refractivity contribution is 7.99. The number of thioether (sulfide) groups is 1. The van der Waals surface area contributed by atoms with Gasteiger partial charge in [0.1, 0.15) is 0 Å². The summed E-state index contributed by atoms with van der Waals surface area (Å²) in [5, 5.41) is 14.9. The van der Waals surface area contributed by atoms with E-state index in [0.717, 1.165) is 30.4 Å². The number of hydrogen-bond acceptors (Lipinski definition) is 7. The van der Waals surface area contributed by atoms with Crippen molar-refractivity contribution in [1.82, 2.24) is 35.3 Å². The normalized spacial score (nSPS) is 19.3. The van der Waals surface area contributed by atoms with Crippen LogP contribution in [0, 0.1) is 0 Å². The number of likely N-dealkylation sites (tertiary alicyclic amines) is 1. The van der Waals surface area contributed by atoms with E-state index in [1.54, 1.807) is 11.7 Å². The molecule has 1 N–H and O–H groups in total. The summed E-state index contributed by atoms with van der Waals surface area (Å²) in [6.45, 7) is 3.08. The number of tetrazole rings is 1. The highest BCUT2D eigenvalue weighted by atomic mass is 32.2. The Hall–Kier alpha value is -1.19. The minimum Gasteiger partial charge on any atom is -0.354 e. The first-order valence-electron chi connectivity index (χ1n) is 7.07. The fourth-order valence-corrected chi connectivity index (χ4v) is 3.02. The molecule has 1 saturated heterocycles. The van der Waals surface area contributed by atoms with Crippen LogP contribution < -0.4 is 5.32 Å². The van der Waals surface area contributed by atoms with Gasteiger partial charge in [0.2, 0.25) is 11.1 Å². The summed E-state index contributed by atoms with van der Waals surface area (Å²) in [4.78, 5) is 16.3. The van der Waals surface area contributed by atoms with Gasteiger partial charge >= 0.3 is 0 Å². The van der Waals surface area contributed by atoms with Gasteiger partial charge in [-0.3, -0.25) is 9.69 Å². The van der Waals surface area contributed by atoms with Crippen molar-refractivity contribution >= 4 is 17.7 Å². The summed E-state index contributed by atoms with van der Waals surface area (Å²) in [7, 11) is 5.98. The molecule has 0 saturated carbocycles. The van der Waals surface area contributed by atoms with Gasteiger partial charge in [-0.2, -0.15) is 0 Å². The first kappa shape index (κ1) is 16.2. The molecule has 2 rings (SSSR count). The first-order chi connectivity index (χ1) is 10.1. The molecule has 1 amide bonds. The number of rotatable bonds is 7. The summed E-state index contributed by atoms with van der Waals surface area (Å²) in [6.07, 6.45) is 1.13. The second-order valence-corrected chi connectivity index (χ2v) is 6.49. The molecule has 1 atom stereocenters. The van der Waals surface area contributed by atoms with Gasteiger partial charge in [0.15, 0.2) is 0 Å². The Labute approximate surface area is 129 Å². The summed E-state index contributed by atoms with van der Waals surface area (Å²) in [5.74, 6) is 0.853. The molecule has 0 spiro atoms. The lowest BCUT2D eigenvalue weighted by molar-refractivity contribution is -0.121. The highest BCUT2D eigenvalue weighted by Crippen LogP contribution is 2.12. The molecule has 118 valence electrons. The quantitative estimate of drug-likeness (QED) is 0.514. The van der Waals surface area contributed by atoms with Gasteiger partial charge in [0.05, 0.1) is 6.54 Å². The summed E-state index contributed by atoms with van der Waals surface area (Å²) < 4.78 is 1.62. The molecule has 8 nitrogen and oxygen atoms in total. The van der Waals surface area contributed by atoms with Crippen molar-refractivity contribution in [3.05, 3.63) is 0 Å². The number of nitrogens with one attached hydrogen (secondary N) is 1.